The van der Waals surface area contributed by atoms with Gasteiger partial charge in [0.05, 0.1) is 17.5 Å². The van der Waals surface area contributed by atoms with Crippen LogP contribution in [0.1, 0.15) is 35.3 Å². The maximum atomic E-state index is 13.4. The van der Waals surface area contributed by atoms with Gasteiger partial charge in [-0.3, -0.25) is 4.79 Å². The molecule has 0 aliphatic carbocycles. The first kappa shape index (κ1) is 15.2. The SMILES string of the molecule is CC1(C)C(=O)N(Cc2cccc(F)c2)c2cc(C(=O)O)ccc21. The van der Waals surface area contributed by atoms with Gasteiger partial charge < -0.3 is 10.0 Å². The van der Waals surface area contributed by atoms with E-state index in [9.17, 15) is 19.1 Å². The summed E-state index contributed by atoms with van der Waals surface area (Å²) in [7, 11) is 0. The van der Waals surface area contributed by atoms with Gasteiger partial charge in [-0.15, -0.1) is 0 Å². The molecule has 0 saturated carbocycles. The Labute approximate surface area is 133 Å². The number of nitrogens with zero attached hydrogens (tertiary/aromatic N) is 1. The van der Waals surface area contributed by atoms with Gasteiger partial charge in [-0.25, -0.2) is 9.18 Å². The molecule has 2 aromatic carbocycles. The third-order valence-electron chi connectivity index (χ3n) is 4.22. The lowest BCUT2D eigenvalue weighted by molar-refractivity contribution is -0.122. The van der Waals surface area contributed by atoms with E-state index in [1.165, 1.54) is 29.2 Å². The van der Waals surface area contributed by atoms with Crippen LogP contribution in [0.5, 0.6) is 0 Å². The maximum absolute atomic E-state index is 13.4. The molecule has 0 spiro atoms. The fourth-order valence-corrected chi connectivity index (χ4v) is 2.95. The van der Waals surface area contributed by atoms with Crippen molar-refractivity contribution in [2.75, 3.05) is 4.90 Å². The van der Waals surface area contributed by atoms with E-state index in [1.54, 1.807) is 32.0 Å². The van der Waals surface area contributed by atoms with E-state index in [4.69, 9.17) is 0 Å². The first-order chi connectivity index (χ1) is 10.8. The van der Waals surface area contributed by atoms with Crippen LogP contribution in [0.25, 0.3) is 0 Å². The molecule has 1 N–H and O–H groups in total. The minimum atomic E-state index is -1.05. The number of hydrogen-bond acceptors (Lipinski definition) is 2. The highest BCUT2D eigenvalue weighted by atomic mass is 19.1. The van der Waals surface area contributed by atoms with Crippen molar-refractivity contribution < 1.29 is 19.1 Å². The number of halogens is 1. The lowest BCUT2D eigenvalue weighted by Gasteiger charge is -2.20. The van der Waals surface area contributed by atoms with Crippen LogP contribution in [-0.2, 0) is 16.8 Å². The molecule has 0 unspecified atom stereocenters. The van der Waals surface area contributed by atoms with Gasteiger partial charge in [0.25, 0.3) is 0 Å². The summed E-state index contributed by atoms with van der Waals surface area (Å²) in [6.07, 6.45) is 0. The van der Waals surface area contributed by atoms with Crippen LogP contribution in [0.4, 0.5) is 10.1 Å². The summed E-state index contributed by atoms with van der Waals surface area (Å²) < 4.78 is 13.4. The van der Waals surface area contributed by atoms with Crippen molar-refractivity contribution >= 4 is 17.6 Å². The summed E-state index contributed by atoms with van der Waals surface area (Å²) in [5.41, 5.74) is 1.40. The standard InChI is InChI=1S/C18H16FNO3/c1-18(2)14-7-6-12(16(21)22)9-15(14)20(17(18)23)10-11-4-3-5-13(19)8-11/h3-9H,10H2,1-2H3,(H,21,22). The molecule has 5 heteroatoms. The summed E-state index contributed by atoms with van der Waals surface area (Å²) >= 11 is 0. The van der Waals surface area contributed by atoms with Crippen LogP contribution in [-0.4, -0.2) is 17.0 Å². The van der Waals surface area contributed by atoms with Gasteiger partial charge in [-0.05, 0) is 49.2 Å². The molecule has 118 valence electrons. The second kappa shape index (κ2) is 5.19. The van der Waals surface area contributed by atoms with Crippen molar-refractivity contribution in [3.8, 4) is 0 Å². The number of fused-ring (bicyclic) bond motifs is 1. The number of carboxylic acid groups (broad SMARTS) is 1. The number of amides is 1. The molecular formula is C18H16FNO3. The molecule has 0 fully saturated rings. The largest absolute Gasteiger partial charge is 0.478 e. The molecule has 0 aromatic heterocycles. The highest BCUT2D eigenvalue weighted by Gasteiger charge is 2.44. The highest BCUT2D eigenvalue weighted by molar-refractivity contribution is 6.08. The van der Waals surface area contributed by atoms with Crippen molar-refractivity contribution in [1.82, 2.24) is 0 Å². The third-order valence-corrected chi connectivity index (χ3v) is 4.22. The van der Waals surface area contributed by atoms with Crippen molar-refractivity contribution in [1.29, 1.82) is 0 Å². The van der Waals surface area contributed by atoms with Gasteiger partial charge in [-0.2, -0.15) is 0 Å². The Kier molecular flexibility index (Phi) is 3.43. The normalized spacial score (nSPS) is 15.6. The predicted molar refractivity (Wildman–Crippen MR) is 84.0 cm³/mol. The molecule has 23 heavy (non-hydrogen) atoms. The van der Waals surface area contributed by atoms with Crippen molar-refractivity contribution in [3.05, 3.63) is 65.0 Å². The summed E-state index contributed by atoms with van der Waals surface area (Å²) in [5, 5.41) is 9.17. The molecule has 0 atom stereocenters. The van der Waals surface area contributed by atoms with Gasteiger partial charge in [-0.1, -0.05) is 18.2 Å². The Morgan fingerprint density at radius 1 is 1.22 bits per heavy atom. The minimum Gasteiger partial charge on any atom is -0.478 e. The minimum absolute atomic E-state index is 0.124. The zero-order chi connectivity index (χ0) is 16.8. The fraction of sp³-hybridized carbons (Fsp3) is 0.222. The van der Waals surface area contributed by atoms with Crippen LogP contribution in [0.2, 0.25) is 0 Å². The van der Waals surface area contributed by atoms with Crippen LogP contribution in [0, 0.1) is 5.82 Å². The lowest BCUT2D eigenvalue weighted by atomic mass is 9.86. The molecule has 4 nitrogen and oxygen atoms in total. The highest BCUT2D eigenvalue weighted by Crippen LogP contribution is 2.42. The number of carbonyl (C=O) groups is 2. The van der Waals surface area contributed by atoms with E-state index in [-0.39, 0.29) is 23.8 Å². The van der Waals surface area contributed by atoms with Crippen LogP contribution < -0.4 is 4.90 Å². The topological polar surface area (TPSA) is 57.6 Å². The first-order valence-corrected chi connectivity index (χ1v) is 7.25. The molecular weight excluding hydrogens is 297 g/mol. The van der Waals surface area contributed by atoms with Crippen LogP contribution in [0.15, 0.2) is 42.5 Å². The van der Waals surface area contributed by atoms with Gasteiger partial charge in [0, 0.05) is 5.69 Å². The van der Waals surface area contributed by atoms with E-state index in [0.29, 0.717) is 11.3 Å². The lowest BCUT2D eigenvalue weighted by Crippen LogP contribution is -2.35. The zero-order valence-electron chi connectivity index (χ0n) is 12.8. The number of hydrogen-bond donors (Lipinski definition) is 1. The number of rotatable bonds is 3. The Morgan fingerprint density at radius 2 is 1.96 bits per heavy atom. The van der Waals surface area contributed by atoms with Crippen LogP contribution >= 0.6 is 0 Å². The Bertz CT molecular complexity index is 814. The quantitative estimate of drug-likeness (QED) is 0.945. The molecule has 0 bridgehead atoms. The van der Waals surface area contributed by atoms with Gasteiger partial charge in [0.2, 0.25) is 5.91 Å². The number of anilines is 1. The van der Waals surface area contributed by atoms with Gasteiger partial charge in [0.15, 0.2) is 0 Å². The molecule has 1 heterocycles. The number of carbonyl (C=O) groups excluding carboxylic acids is 1. The van der Waals surface area contributed by atoms with E-state index >= 15 is 0 Å². The van der Waals surface area contributed by atoms with E-state index in [1.807, 2.05) is 0 Å². The first-order valence-electron chi connectivity index (χ1n) is 7.25. The summed E-state index contributed by atoms with van der Waals surface area (Å²) in [4.78, 5) is 25.5. The van der Waals surface area contributed by atoms with Gasteiger partial charge in [0.1, 0.15) is 5.82 Å². The summed E-state index contributed by atoms with van der Waals surface area (Å²) in [5.74, 6) is -1.54. The Morgan fingerprint density at radius 3 is 2.61 bits per heavy atom. The Balaban J connectivity index is 2.07. The third kappa shape index (κ3) is 2.48. The molecule has 2 aromatic rings. The second-order valence-corrected chi connectivity index (χ2v) is 6.18. The number of benzene rings is 2. The second-order valence-electron chi connectivity index (χ2n) is 6.18. The molecule has 1 aliphatic rings. The molecule has 1 amide bonds. The molecule has 1 aliphatic heterocycles. The van der Waals surface area contributed by atoms with Crippen molar-refractivity contribution in [2.45, 2.75) is 25.8 Å². The smallest absolute Gasteiger partial charge is 0.335 e. The number of carboxylic acids is 1. The molecule has 0 radical (unpaired) electrons. The zero-order valence-corrected chi connectivity index (χ0v) is 12.8. The van der Waals surface area contributed by atoms with Crippen LogP contribution in [0.3, 0.4) is 0 Å². The predicted octanol–water partition coefficient (Wildman–Crippen LogP) is 3.35. The summed E-state index contributed by atoms with van der Waals surface area (Å²) in [6.45, 7) is 3.82. The fourth-order valence-electron chi connectivity index (χ4n) is 2.95. The molecule has 0 saturated heterocycles. The monoisotopic (exact) mass is 313 g/mol. The maximum Gasteiger partial charge on any atom is 0.335 e. The van der Waals surface area contributed by atoms with E-state index in [0.717, 1.165) is 5.56 Å². The average molecular weight is 313 g/mol. The average Bonchev–Trinajstić information content (AvgIpc) is 2.68. The molecule has 3 rings (SSSR count). The van der Waals surface area contributed by atoms with Crippen molar-refractivity contribution in [3.63, 3.8) is 0 Å². The van der Waals surface area contributed by atoms with E-state index in [2.05, 4.69) is 0 Å². The summed E-state index contributed by atoms with van der Waals surface area (Å²) in [6, 6.07) is 10.7. The number of aromatic carboxylic acids is 1. The van der Waals surface area contributed by atoms with Gasteiger partial charge >= 0.3 is 5.97 Å². The van der Waals surface area contributed by atoms with E-state index < -0.39 is 11.4 Å². The Hall–Kier alpha value is -2.69. The van der Waals surface area contributed by atoms with Crippen molar-refractivity contribution in [2.24, 2.45) is 0 Å².